The van der Waals surface area contributed by atoms with Crippen LogP contribution in [0.1, 0.15) is 257 Å². The van der Waals surface area contributed by atoms with Crippen LogP contribution in [-0.4, -0.2) is 78.5 Å². The number of aromatic nitrogens is 2. The Morgan fingerprint density at radius 3 is 0.837 bits per heavy atom. The monoisotopic (exact) mass is 1470 g/mol. The van der Waals surface area contributed by atoms with Gasteiger partial charge in [0.15, 0.2) is 0 Å². The second-order valence-electron chi connectivity index (χ2n) is 30.7. The van der Waals surface area contributed by atoms with E-state index in [1.807, 2.05) is 19.6 Å². The highest BCUT2D eigenvalue weighted by Gasteiger charge is 2.52. The topological polar surface area (TPSA) is 91.1 Å². The zero-order valence-corrected chi connectivity index (χ0v) is 68.1. The second kappa shape index (κ2) is 35.4. The van der Waals surface area contributed by atoms with Crippen LogP contribution in [0.4, 0.5) is 0 Å². The van der Waals surface area contributed by atoms with E-state index in [4.69, 9.17) is 0 Å². The maximum Gasteiger partial charge on any atom is 0.261 e. The maximum absolute atomic E-state index is 15.6. The number of benzene rings is 2. The van der Waals surface area contributed by atoms with E-state index in [9.17, 15) is 0 Å². The van der Waals surface area contributed by atoms with Crippen LogP contribution in [0.25, 0.3) is 76.5 Å². The Hall–Kier alpha value is -6.58. The lowest BCUT2D eigenvalue weighted by Crippen LogP contribution is -2.34. The fraction of sp³-hybridized carbons (Fsp3) is 0.533. The first kappa shape index (κ1) is 77.0. The Balaban J connectivity index is 0.998. The highest BCUT2D eigenvalue weighted by molar-refractivity contribution is 7.17. The Bertz CT molecular complexity index is 4170. The molecule has 8 aromatic rings. The van der Waals surface area contributed by atoms with Crippen LogP contribution in [0.3, 0.4) is 0 Å². The minimum absolute atomic E-state index is 0.0312. The predicted molar refractivity (Wildman–Crippen MR) is 445 cm³/mol. The van der Waals surface area contributed by atoms with Gasteiger partial charge in [-0.3, -0.25) is 19.2 Å². The van der Waals surface area contributed by atoms with Gasteiger partial charge in [0.1, 0.15) is 0 Å². The molecule has 4 aliphatic heterocycles. The van der Waals surface area contributed by atoms with Crippen LogP contribution < -0.4 is 0 Å². The van der Waals surface area contributed by atoms with Gasteiger partial charge in [-0.15, -0.1) is 45.3 Å². The summed E-state index contributed by atoms with van der Waals surface area (Å²) in [5, 5.41) is 6.68. The summed E-state index contributed by atoms with van der Waals surface area (Å²) in [6.45, 7) is 31.5. The van der Waals surface area contributed by atoms with Crippen molar-refractivity contribution in [3.8, 4) is 20.9 Å². The molecule has 10 heterocycles. The SMILES string of the molecule is CCCCC(CC)CN1C(=O)C2=C(c3ccc(-c4ccc5c(c4)n(CC(CC)CCCC)c4c6ccc(-c7ccc(C8=C9C(=O)N(CC(CC)CCCC)C(c%10cccs%10)=C9C(=O)N8CC(CC)CCCC)s7)cc6n(CC(CC)CCCC)c54)s3)N(CC(CC)CCCC)C(=O)C2=C1c1cccs1. The van der Waals surface area contributed by atoms with Gasteiger partial charge in [0.2, 0.25) is 0 Å². The van der Waals surface area contributed by atoms with Crippen molar-refractivity contribution >= 4 is 125 Å². The predicted octanol–water partition coefficient (Wildman–Crippen LogP) is 25.2. The van der Waals surface area contributed by atoms with Crippen LogP contribution >= 0.6 is 45.3 Å². The molecule has 0 radical (unpaired) electrons. The summed E-state index contributed by atoms with van der Waals surface area (Å²) in [5.41, 5.74) is 12.9. The first-order chi connectivity index (χ1) is 50.8. The number of thiophene rings is 4. The van der Waals surface area contributed by atoms with Gasteiger partial charge in [0.05, 0.1) is 86.7 Å². The lowest BCUT2D eigenvalue weighted by molar-refractivity contribution is -0.124. The molecule has 556 valence electrons. The molecule has 14 heteroatoms. The Morgan fingerprint density at radius 2 is 0.577 bits per heavy atom. The summed E-state index contributed by atoms with van der Waals surface area (Å²) in [4.78, 5) is 76.5. The molecule has 6 unspecified atom stereocenters. The summed E-state index contributed by atoms with van der Waals surface area (Å²) in [6, 6.07) is 31.6. The summed E-state index contributed by atoms with van der Waals surface area (Å²) in [5.74, 6) is 2.13. The van der Waals surface area contributed by atoms with E-state index in [0.29, 0.717) is 84.0 Å². The molecule has 2 aromatic carbocycles. The van der Waals surface area contributed by atoms with Crippen molar-refractivity contribution in [2.75, 3.05) is 26.2 Å². The van der Waals surface area contributed by atoms with Crippen LogP contribution in [0, 0.1) is 35.5 Å². The van der Waals surface area contributed by atoms with E-state index >= 15 is 19.2 Å². The highest BCUT2D eigenvalue weighted by atomic mass is 32.1. The standard InChI is InChI=1S/C90H118N6O4S4/c1-13-25-33-59(19-7)53-91-69-51-65(71-45-47-75(103-71)85-79-77(87(97)95(85)57-63(23-11)37-29-17-5)83(73-39-31-49-101-73)93(89(79)99)55-61(21-9)35-27-15-3)41-43-67(69)82-81(91)68-44-42-66(52-70(68)92(82)54-60(20-8)34-26-14-2)72-46-48-76(104-72)86-80-78(88(98)96(86)58-64(24-12)38-30-18-6)84(74-40-32-50-102-74)94(90(80)100)56-62(22-10)36-28-16-4/h31-32,39-52,59-64H,13-30,33-38,53-58H2,1-12H3. The van der Waals surface area contributed by atoms with Gasteiger partial charge in [0.25, 0.3) is 23.6 Å². The van der Waals surface area contributed by atoms with Crippen molar-refractivity contribution in [3.05, 3.63) is 137 Å². The van der Waals surface area contributed by atoms with Gasteiger partial charge < -0.3 is 28.7 Å². The Morgan fingerprint density at radius 1 is 0.308 bits per heavy atom. The number of hydrogen-bond donors (Lipinski definition) is 0. The molecule has 0 N–H and O–H groups in total. The number of carbonyl (C=O) groups is 4. The van der Waals surface area contributed by atoms with E-state index in [1.165, 1.54) is 45.7 Å². The second-order valence-corrected chi connectivity index (χ2v) is 34.8. The number of amides is 4. The summed E-state index contributed by atoms with van der Waals surface area (Å²) >= 11 is 6.70. The quantitative estimate of drug-likeness (QED) is 0.0381. The molecule has 0 fully saturated rings. The Kier molecular flexibility index (Phi) is 26.2. The Labute approximate surface area is 638 Å². The average Bonchev–Trinajstić information content (AvgIpc) is 1.58. The molecule has 0 aliphatic carbocycles. The van der Waals surface area contributed by atoms with Crippen molar-refractivity contribution in [1.82, 2.24) is 28.7 Å². The first-order valence-corrected chi connectivity index (χ1v) is 44.3. The lowest BCUT2D eigenvalue weighted by atomic mass is 9.98. The molecular formula is C90H118N6O4S4. The number of fused-ring (bicyclic) bond motifs is 7. The molecule has 12 rings (SSSR count). The summed E-state index contributed by atoms with van der Waals surface area (Å²) in [6.07, 6.45) is 26.1. The summed E-state index contributed by atoms with van der Waals surface area (Å²) in [7, 11) is 0. The van der Waals surface area contributed by atoms with Crippen LogP contribution in [0.2, 0.25) is 0 Å². The maximum atomic E-state index is 15.6. The molecule has 10 nitrogen and oxygen atoms in total. The minimum Gasteiger partial charge on any atom is -0.338 e. The number of carbonyl (C=O) groups excluding carboxylic acids is 4. The van der Waals surface area contributed by atoms with Gasteiger partial charge in [-0.1, -0.05) is 235 Å². The third kappa shape index (κ3) is 15.3. The molecule has 0 bridgehead atoms. The van der Waals surface area contributed by atoms with Gasteiger partial charge in [-0.2, -0.15) is 0 Å². The largest absolute Gasteiger partial charge is 0.338 e. The fourth-order valence-corrected chi connectivity index (χ4v) is 21.0. The third-order valence-electron chi connectivity index (χ3n) is 23.9. The zero-order valence-electron chi connectivity index (χ0n) is 64.9. The zero-order chi connectivity index (χ0) is 73.3. The van der Waals surface area contributed by atoms with Crippen molar-refractivity contribution in [2.45, 2.75) is 250 Å². The minimum atomic E-state index is -0.0312. The number of rotatable bonds is 42. The third-order valence-corrected chi connectivity index (χ3v) is 27.9. The van der Waals surface area contributed by atoms with E-state index in [-0.39, 0.29) is 23.6 Å². The fourth-order valence-electron chi connectivity index (χ4n) is 17.3. The van der Waals surface area contributed by atoms with Gasteiger partial charge >= 0.3 is 0 Å². The van der Waals surface area contributed by atoms with Crippen LogP contribution in [0.5, 0.6) is 0 Å². The van der Waals surface area contributed by atoms with Crippen LogP contribution in [-0.2, 0) is 32.3 Å². The molecule has 0 saturated carbocycles. The van der Waals surface area contributed by atoms with Gasteiger partial charge in [-0.05, 0) is 144 Å². The molecule has 0 spiro atoms. The first-order valence-electron chi connectivity index (χ1n) is 40.9. The average molecular weight is 1480 g/mol. The van der Waals surface area contributed by atoms with Crippen molar-refractivity contribution in [3.63, 3.8) is 0 Å². The number of nitrogens with zero attached hydrogens (tertiary/aromatic N) is 6. The molecular weight excluding hydrogens is 1360 g/mol. The lowest BCUT2D eigenvalue weighted by Gasteiger charge is -2.29. The smallest absolute Gasteiger partial charge is 0.261 e. The number of hydrogen-bond acceptors (Lipinski definition) is 8. The van der Waals surface area contributed by atoms with Crippen molar-refractivity contribution in [1.29, 1.82) is 0 Å². The van der Waals surface area contributed by atoms with E-state index in [2.05, 4.69) is 188 Å². The van der Waals surface area contributed by atoms with Gasteiger partial charge in [-0.25, -0.2) is 0 Å². The normalized spacial score (nSPS) is 16.8. The number of unbranched alkanes of at least 4 members (excludes halogenated alkanes) is 6. The molecule has 104 heavy (non-hydrogen) atoms. The van der Waals surface area contributed by atoms with E-state index < -0.39 is 0 Å². The molecule has 0 saturated heterocycles. The van der Waals surface area contributed by atoms with Crippen molar-refractivity contribution in [2.24, 2.45) is 35.5 Å². The van der Waals surface area contributed by atoms with E-state index in [0.717, 1.165) is 218 Å². The van der Waals surface area contributed by atoms with Crippen LogP contribution in [0.15, 0.2) is 118 Å². The molecule has 6 aromatic heterocycles. The van der Waals surface area contributed by atoms with E-state index in [1.54, 1.807) is 45.3 Å². The van der Waals surface area contributed by atoms with Crippen molar-refractivity contribution < 1.29 is 19.2 Å². The molecule has 4 aliphatic rings. The highest BCUT2D eigenvalue weighted by Crippen LogP contribution is 2.53. The molecule has 4 amide bonds. The van der Waals surface area contributed by atoms with Gasteiger partial charge in [0, 0.05) is 59.8 Å². The molecule has 6 atom stereocenters. The summed E-state index contributed by atoms with van der Waals surface area (Å²) < 4.78 is 5.41.